The summed E-state index contributed by atoms with van der Waals surface area (Å²) in [5.41, 5.74) is 1.71. The molecule has 2 N–H and O–H groups in total. The van der Waals surface area contributed by atoms with Gasteiger partial charge in [0.05, 0.1) is 11.6 Å². The molecule has 2 amide bonds. The van der Waals surface area contributed by atoms with E-state index in [2.05, 4.69) is 5.32 Å². The molecule has 0 fully saturated rings. The van der Waals surface area contributed by atoms with Crippen molar-refractivity contribution in [3.05, 3.63) is 29.3 Å². The first-order valence-corrected chi connectivity index (χ1v) is 5.64. The number of aryl methyl sites for hydroxylation is 1. The van der Waals surface area contributed by atoms with Gasteiger partial charge in [0.15, 0.2) is 0 Å². The fraction of sp³-hybridized carbons (Fsp3) is 0.308. The molecular weight excluding hydrogens is 246 g/mol. The van der Waals surface area contributed by atoms with Crippen LogP contribution in [0.5, 0.6) is 0 Å². The fourth-order valence-corrected chi connectivity index (χ4v) is 1.37. The van der Waals surface area contributed by atoms with Crippen LogP contribution in [0.2, 0.25) is 0 Å². The van der Waals surface area contributed by atoms with Crippen molar-refractivity contribution in [3.8, 4) is 6.07 Å². The average molecular weight is 261 g/mol. The Bertz CT molecular complexity index is 549. The molecule has 100 valence electrons. The van der Waals surface area contributed by atoms with E-state index < -0.39 is 18.0 Å². The van der Waals surface area contributed by atoms with Crippen LogP contribution < -0.4 is 5.32 Å². The number of anilines is 1. The largest absolute Gasteiger partial charge is 0.480 e. The van der Waals surface area contributed by atoms with Gasteiger partial charge in [-0.1, -0.05) is 6.07 Å². The Labute approximate surface area is 111 Å². The minimum Gasteiger partial charge on any atom is -0.480 e. The Morgan fingerprint density at radius 2 is 2.11 bits per heavy atom. The number of carboxylic acids is 1. The second kappa shape index (κ2) is 5.87. The molecule has 0 bridgehead atoms. The molecule has 6 heteroatoms. The molecule has 0 aliphatic rings. The molecule has 0 aromatic heterocycles. The van der Waals surface area contributed by atoms with Gasteiger partial charge in [-0.25, -0.2) is 9.59 Å². The van der Waals surface area contributed by atoms with Crippen molar-refractivity contribution in [1.29, 1.82) is 5.26 Å². The van der Waals surface area contributed by atoms with Gasteiger partial charge >= 0.3 is 12.0 Å². The Morgan fingerprint density at radius 1 is 1.47 bits per heavy atom. The Hall–Kier alpha value is -2.55. The van der Waals surface area contributed by atoms with Crippen molar-refractivity contribution >= 4 is 17.7 Å². The molecule has 1 aromatic carbocycles. The first kappa shape index (κ1) is 14.5. The van der Waals surface area contributed by atoms with Crippen LogP contribution >= 0.6 is 0 Å². The van der Waals surface area contributed by atoms with Crippen LogP contribution in [-0.4, -0.2) is 35.1 Å². The molecule has 1 atom stereocenters. The number of carbonyl (C=O) groups excluding carboxylic acids is 1. The molecule has 0 radical (unpaired) electrons. The number of carbonyl (C=O) groups is 2. The Morgan fingerprint density at radius 3 is 2.63 bits per heavy atom. The number of nitrogens with one attached hydrogen (secondary N) is 1. The van der Waals surface area contributed by atoms with Crippen molar-refractivity contribution in [2.45, 2.75) is 19.9 Å². The van der Waals surface area contributed by atoms with E-state index in [9.17, 15) is 9.59 Å². The van der Waals surface area contributed by atoms with E-state index in [1.807, 2.05) is 6.07 Å². The Kier molecular flexibility index (Phi) is 4.48. The lowest BCUT2D eigenvalue weighted by Crippen LogP contribution is -2.42. The van der Waals surface area contributed by atoms with Gasteiger partial charge in [-0.15, -0.1) is 0 Å². The van der Waals surface area contributed by atoms with E-state index >= 15 is 0 Å². The van der Waals surface area contributed by atoms with E-state index in [1.165, 1.54) is 14.0 Å². The molecule has 0 heterocycles. The first-order valence-electron chi connectivity index (χ1n) is 5.64. The zero-order valence-corrected chi connectivity index (χ0v) is 11.0. The summed E-state index contributed by atoms with van der Waals surface area (Å²) in [5.74, 6) is -1.08. The van der Waals surface area contributed by atoms with Crippen molar-refractivity contribution < 1.29 is 14.7 Å². The highest BCUT2D eigenvalue weighted by molar-refractivity contribution is 5.92. The lowest BCUT2D eigenvalue weighted by atomic mass is 10.1. The quantitative estimate of drug-likeness (QED) is 0.867. The molecule has 19 heavy (non-hydrogen) atoms. The normalized spacial score (nSPS) is 11.3. The SMILES string of the molecule is Cc1ccc(C#N)cc1NC(=O)N(C)C(C)C(=O)O. The number of hydrogen-bond donors (Lipinski definition) is 2. The summed E-state index contributed by atoms with van der Waals surface area (Å²) < 4.78 is 0. The summed E-state index contributed by atoms with van der Waals surface area (Å²) in [4.78, 5) is 23.8. The number of carboxylic acid groups (broad SMARTS) is 1. The van der Waals surface area contributed by atoms with Crippen LogP contribution in [-0.2, 0) is 4.79 Å². The van der Waals surface area contributed by atoms with Crippen molar-refractivity contribution in [3.63, 3.8) is 0 Å². The van der Waals surface area contributed by atoms with Gasteiger partial charge < -0.3 is 15.3 Å². The standard InChI is InChI=1S/C13H15N3O3/c1-8-4-5-10(7-14)6-11(8)15-13(19)16(3)9(2)12(17)18/h4-6,9H,1-3H3,(H,15,19)(H,17,18). The first-order chi connectivity index (χ1) is 8.86. The van der Waals surface area contributed by atoms with Crippen LogP contribution in [0.15, 0.2) is 18.2 Å². The average Bonchev–Trinajstić information content (AvgIpc) is 2.39. The number of aliphatic carboxylic acids is 1. The highest BCUT2D eigenvalue weighted by atomic mass is 16.4. The summed E-state index contributed by atoms with van der Waals surface area (Å²) in [7, 11) is 1.40. The van der Waals surface area contributed by atoms with Gasteiger partial charge in [0, 0.05) is 12.7 Å². The third kappa shape index (κ3) is 3.45. The number of hydrogen-bond acceptors (Lipinski definition) is 3. The maximum Gasteiger partial charge on any atom is 0.326 e. The Balaban J connectivity index is 2.88. The molecule has 6 nitrogen and oxygen atoms in total. The maximum atomic E-state index is 11.9. The lowest BCUT2D eigenvalue weighted by molar-refractivity contribution is -0.141. The number of nitriles is 1. The second-order valence-corrected chi connectivity index (χ2v) is 4.20. The smallest absolute Gasteiger partial charge is 0.326 e. The zero-order chi connectivity index (χ0) is 14.6. The van der Waals surface area contributed by atoms with E-state index in [0.29, 0.717) is 11.3 Å². The van der Waals surface area contributed by atoms with Crippen molar-refractivity contribution in [1.82, 2.24) is 4.90 Å². The molecule has 1 aromatic rings. The van der Waals surface area contributed by atoms with Crippen LogP contribution in [0.25, 0.3) is 0 Å². The van der Waals surface area contributed by atoms with Crippen LogP contribution in [0.3, 0.4) is 0 Å². The summed E-state index contributed by atoms with van der Waals surface area (Å²) >= 11 is 0. The number of rotatable bonds is 3. The van der Waals surface area contributed by atoms with Gasteiger partial charge in [0.25, 0.3) is 0 Å². The van der Waals surface area contributed by atoms with Crippen molar-refractivity contribution in [2.75, 3.05) is 12.4 Å². The summed E-state index contributed by atoms with van der Waals surface area (Å²) in [6.07, 6.45) is 0. The molecular formula is C13H15N3O3. The third-order valence-corrected chi connectivity index (χ3v) is 2.87. The van der Waals surface area contributed by atoms with E-state index in [4.69, 9.17) is 10.4 Å². The molecule has 0 spiro atoms. The highest BCUT2D eigenvalue weighted by Crippen LogP contribution is 2.17. The molecule has 1 unspecified atom stereocenters. The van der Waals surface area contributed by atoms with E-state index in [-0.39, 0.29) is 0 Å². The van der Waals surface area contributed by atoms with Crippen LogP contribution in [0.1, 0.15) is 18.1 Å². The number of urea groups is 1. The van der Waals surface area contributed by atoms with Crippen LogP contribution in [0, 0.1) is 18.3 Å². The topological polar surface area (TPSA) is 93.4 Å². The van der Waals surface area contributed by atoms with Crippen LogP contribution in [0.4, 0.5) is 10.5 Å². The summed E-state index contributed by atoms with van der Waals surface area (Å²) in [6, 6.07) is 5.43. The molecule has 0 saturated heterocycles. The van der Waals surface area contributed by atoms with Gasteiger partial charge in [-0.05, 0) is 31.5 Å². The fourth-order valence-electron chi connectivity index (χ4n) is 1.37. The van der Waals surface area contributed by atoms with Gasteiger partial charge in [-0.2, -0.15) is 5.26 Å². The van der Waals surface area contributed by atoms with Gasteiger partial charge in [0.2, 0.25) is 0 Å². The zero-order valence-electron chi connectivity index (χ0n) is 11.0. The molecule has 0 saturated carbocycles. The van der Waals surface area contributed by atoms with Gasteiger partial charge in [0.1, 0.15) is 6.04 Å². The highest BCUT2D eigenvalue weighted by Gasteiger charge is 2.21. The monoisotopic (exact) mass is 261 g/mol. The number of benzene rings is 1. The van der Waals surface area contributed by atoms with E-state index in [1.54, 1.807) is 25.1 Å². The second-order valence-electron chi connectivity index (χ2n) is 4.20. The number of nitrogens with zero attached hydrogens (tertiary/aromatic N) is 2. The maximum absolute atomic E-state index is 11.9. The number of likely N-dealkylation sites (N-methyl/N-ethyl adjacent to an activating group) is 1. The minimum absolute atomic E-state index is 0.426. The number of amides is 2. The predicted octanol–water partition coefficient (Wildman–Crippen LogP) is 1.80. The predicted molar refractivity (Wildman–Crippen MR) is 69.8 cm³/mol. The summed E-state index contributed by atoms with van der Waals surface area (Å²) in [6.45, 7) is 3.21. The van der Waals surface area contributed by atoms with E-state index in [0.717, 1.165) is 10.5 Å². The molecule has 0 aliphatic carbocycles. The van der Waals surface area contributed by atoms with Gasteiger partial charge in [-0.3, -0.25) is 0 Å². The lowest BCUT2D eigenvalue weighted by Gasteiger charge is -2.22. The van der Waals surface area contributed by atoms with Crippen molar-refractivity contribution in [2.24, 2.45) is 0 Å². The third-order valence-electron chi connectivity index (χ3n) is 2.87. The minimum atomic E-state index is -1.08. The molecule has 0 aliphatic heterocycles. The molecule has 1 rings (SSSR count). The summed E-state index contributed by atoms with van der Waals surface area (Å²) in [5, 5.41) is 20.2.